The monoisotopic (exact) mass is 438 g/mol. The van der Waals surface area contributed by atoms with Crippen LogP contribution in [0, 0.1) is 13.8 Å². The number of aromatic nitrogens is 1. The van der Waals surface area contributed by atoms with E-state index < -0.39 is 11.5 Å². The highest BCUT2D eigenvalue weighted by Gasteiger charge is 2.14. The lowest BCUT2D eigenvalue weighted by atomic mass is 10.1. The number of carbonyl (C=O) groups excluding carboxylic acids is 1. The molecule has 6 heteroatoms. The SMILES string of the molecule is Cc1ccc2[nH]c(C)c(CCNC(=O)c3cc4cc(Br)ccc4oc3=O)c2c1. The molecular weight excluding hydrogens is 420 g/mol. The molecule has 2 aromatic carbocycles. The van der Waals surface area contributed by atoms with Crippen molar-refractivity contribution in [1.29, 1.82) is 0 Å². The van der Waals surface area contributed by atoms with Gasteiger partial charge in [-0.25, -0.2) is 4.79 Å². The number of halogens is 1. The molecule has 0 unspecified atom stereocenters. The number of amides is 1. The maximum Gasteiger partial charge on any atom is 0.349 e. The summed E-state index contributed by atoms with van der Waals surface area (Å²) in [5.41, 5.74) is 4.37. The standard InChI is InChI=1S/C22H19BrN2O3/c1-12-3-5-19-17(9-12)16(13(2)25-19)7-8-24-21(26)18-11-14-10-15(23)4-6-20(14)28-22(18)27/h3-6,9-11,25H,7-8H2,1-2H3,(H,24,26). The van der Waals surface area contributed by atoms with Gasteiger partial charge in [-0.3, -0.25) is 4.79 Å². The first-order valence-corrected chi connectivity index (χ1v) is 9.81. The Morgan fingerprint density at radius 3 is 2.79 bits per heavy atom. The van der Waals surface area contributed by atoms with E-state index in [4.69, 9.17) is 4.42 Å². The first-order valence-electron chi connectivity index (χ1n) is 9.02. The van der Waals surface area contributed by atoms with E-state index in [2.05, 4.69) is 51.4 Å². The van der Waals surface area contributed by atoms with E-state index in [1.165, 1.54) is 16.5 Å². The Balaban J connectivity index is 1.53. The molecule has 0 saturated heterocycles. The summed E-state index contributed by atoms with van der Waals surface area (Å²) in [4.78, 5) is 28.1. The summed E-state index contributed by atoms with van der Waals surface area (Å²) in [5, 5.41) is 4.70. The van der Waals surface area contributed by atoms with Crippen LogP contribution in [0.5, 0.6) is 0 Å². The van der Waals surface area contributed by atoms with Crippen LogP contribution < -0.4 is 10.9 Å². The summed E-state index contributed by atoms with van der Waals surface area (Å²) >= 11 is 3.38. The molecule has 2 heterocycles. The molecule has 4 rings (SSSR count). The van der Waals surface area contributed by atoms with Gasteiger partial charge in [-0.05, 0) is 62.2 Å². The third-order valence-corrected chi connectivity index (χ3v) is 5.37. The maximum atomic E-state index is 12.5. The number of aryl methyl sites for hydroxylation is 2. The van der Waals surface area contributed by atoms with Crippen LogP contribution in [0.2, 0.25) is 0 Å². The second-order valence-electron chi connectivity index (χ2n) is 6.91. The van der Waals surface area contributed by atoms with Crippen molar-refractivity contribution in [2.45, 2.75) is 20.3 Å². The zero-order valence-electron chi connectivity index (χ0n) is 15.6. The van der Waals surface area contributed by atoms with Crippen molar-refractivity contribution in [3.8, 4) is 0 Å². The molecule has 0 aliphatic rings. The predicted molar refractivity (Wildman–Crippen MR) is 114 cm³/mol. The predicted octanol–water partition coefficient (Wildman–Crippen LogP) is 4.63. The summed E-state index contributed by atoms with van der Waals surface area (Å²) in [6, 6.07) is 13.2. The van der Waals surface area contributed by atoms with Gasteiger partial charge in [0, 0.05) is 33.0 Å². The molecule has 0 radical (unpaired) electrons. The van der Waals surface area contributed by atoms with Crippen molar-refractivity contribution in [1.82, 2.24) is 10.3 Å². The van der Waals surface area contributed by atoms with Gasteiger partial charge in [0.1, 0.15) is 11.1 Å². The van der Waals surface area contributed by atoms with Crippen molar-refractivity contribution in [2.75, 3.05) is 6.54 Å². The fourth-order valence-corrected chi connectivity index (χ4v) is 3.85. The van der Waals surface area contributed by atoms with Crippen molar-refractivity contribution in [3.63, 3.8) is 0 Å². The fourth-order valence-electron chi connectivity index (χ4n) is 3.47. The van der Waals surface area contributed by atoms with Gasteiger partial charge < -0.3 is 14.7 Å². The van der Waals surface area contributed by atoms with Crippen LogP contribution in [0.4, 0.5) is 0 Å². The molecule has 4 aromatic rings. The smallest absolute Gasteiger partial charge is 0.349 e. The second kappa shape index (κ2) is 7.28. The third kappa shape index (κ3) is 3.47. The molecule has 1 amide bonds. The minimum absolute atomic E-state index is 0.0112. The number of fused-ring (bicyclic) bond motifs is 2. The summed E-state index contributed by atoms with van der Waals surface area (Å²) in [7, 11) is 0. The highest BCUT2D eigenvalue weighted by Crippen LogP contribution is 2.23. The van der Waals surface area contributed by atoms with Gasteiger partial charge in [0.2, 0.25) is 0 Å². The van der Waals surface area contributed by atoms with Crippen molar-refractivity contribution >= 4 is 43.7 Å². The molecule has 2 aromatic heterocycles. The molecule has 0 fully saturated rings. The number of hydrogen-bond acceptors (Lipinski definition) is 3. The average Bonchev–Trinajstić information content (AvgIpc) is 2.96. The van der Waals surface area contributed by atoms with E-state index in [1.54, 1.807) is 18.2 Å². The number of nitrogens with one attached hydrogen (secondary N) is 2. The molecule has 0 aliphatic heterocycles. The largest absolute Gasteiger partial charge is 0.422 e. The summed E-state index contributed by atoms with van der Waals surface area (Å²) in [5.74, 6) is -0.427. The molecule has 142 valence electrons. The molecule has 2 N–H and O–H groups in total. The first kappa shape index (κ1) is 18.5. The van der Waals surface area contributed by atoms with Crippen LogP contribution >= 0.6 is 15.9 Å². The summed E-state index contributed by atoms with van der Waals surface area (Å²) in [6.45, 7) is 4.52. The summed E-state index contributed by atoms with van der Waals surface area (Å²) < 4.78 is 6.12. The van der Waals surface area contributed by atoms with Crippen LogP contribution in [0.3, 0.4) is 0 Å². The number of carbonyl (C=O) groups is 1. The van der Waals surface area contributed by atoms with E-state index in [9.17, 15) is 9.59 Å². The highest BCUT2D eigenvalue weighted by molar-refractivity contribution is 9.10. The van der Waals surface area contributed by atoms with E-state index in [1.807, 2.05) is 13.0 Å². The van der Waals surface area contributed by atoms with Gasteiger partial charge in [-0.1, -0.05) is 27.6 Å². The van der Waals surface area contributed by atoms with Gasteiger partial charge in [-0.2, -0.15) is 0 Å². The number of hydrogen-bond donors (Lipinski definition) is 2. The van der Waals surface area contributed by atoms with Gasteiger partial charge in [-0.15, -0.1) is 0 Å². The normalized spacial score (nSPS) is 11.2. The number of aromatic amines is 1. The van der Waals surface area contributed by atoms with E-state index in [-0.39, 0.29) is 5.56 Å². The van der Waals surface area contributed by atoms with Gasteiger partial charge >= 0.3 is 5.63 Å². The molecule has 0 bridgehead atoms. The molecule has 28 heavy (non-hydrogen) atoms. The Kier molecular flexibility index (Phi) is 4.81. The zero-order chi connectivity index (χ0) is 19.8. The van der Waals surface area contributed by atoms with Gasteiger partial charge in [0.25, 0.3) is 5.91 Å². The first-order chi connectivity index (χ1) is 13.4. The molecule has 0 aliphatic carbocycles. The lowest BCUT2D eigenvalue weighted by Gasteiger charge is -2.06. The molecule has 0 atom stereocenters. The van der Waals surface area contributed by atoms with E-state index >= 15 is 0 Å². The Bertz CT molecular complexity index is 1270. The number of H-pyrrole nitrogens is 1. The quantitative estimate of drug-likeness (QED) is 0.456. The zero-order valence-corrected chi connectivity index (χ0v) is 17.1. The van der Waals surface area contributed by atoms with Crippen LogP contribution in [0.1, 0.15) is 27.2 Å². The highest BCUT2D eigenvalue weighted by atomic mass is 79.9. The lowest BCUT2D eigenvalue weighted by Crippen LogP contribution is -2.30. The minimum atomic E-state index is -0.633. The Labute approximate surface area is 169 Å². The average molecular weight is 439 g/mol. The van der Waals surface area contributed by atoms with E-state index in [0.29, 0.717) is 23.9 Å². The number of benzene rings is 2. The Hall–Kier alpha value is -2.86. The van der Waals surface area contributed by atoms with Crippen molar-refractivity contribution in [3.05, 3.63) is 79.7 Å². The second-order valence-corrected chi connectivity index (χ2v) is 7.83. The molecule has 0 spiro atoms. The van der Waals surface area contributed by atoms with Crippen LogP contribution in [0.15, 0.2) is 56.1 Å². The third-order valence-electron chi connectivity index (χ3n) is 4.87. The minimum Gasteiger partial charge on any atom is -0.422 e. The van der Waals surface area contributed by atoms with Gasteiger partial charge in [0.15, 0.2) is 0 Å². The van der Waals surface area contributed by atoms with E-state index in [0.717, 1.165) is 15.7 Å². The molecular formula is C22H19BrN2O3. The van der Waals surface area contributed by atoms with Crippen LogP contribution in [-0.2, 0) is 6.42 Å². The Morgan fingerprint density at radius 1 is 1.14 bits per heavy atom. The molecule has 5 nitrogen and oxygen atoms in total. The molecule has 0 saturated carbocycles. The van der Waals surface area contributed by atoms with Crippen molar-refractivity contribution in [2.24, 2.45) is 0 Å². The number of rotatable bonds is 4. The fraction of sp³-hybridized carbons (Fsp3) is 0.182. The van der Waals surface area contributed by atoms with Crippen molar-refractivity contribution < 1.29 is 9.21 Å². The van der Waals surface area contributed by atoms with Gasteiger partial charge in [0.05, 0.1) is 0 Å². The Morgan fingerprint density at radius 2 is 1.96 bits per heavy atom. The van der Waals surface area contributed by atoms with Crippen LogP contribution in [0.25, 0.3) is 21.9 Å². The van der Waals surface area contributed by atoms with Crippen LogP contribution in [-0.4, -0.2) is 17.4 Å². The topological polar surface area (TPSA) is 75.1 Å². The maximum absolute atomic E-state index is 12.5. The summed E-state index contributed by atoms with van der Waals surface area (Å²) in [6.07, 6.45) is 0.672. The lowest BCUT2D eigenvalue weighted by molar-refractivity contribution is 0.0950.